The van der Waals surface area contributed by atoms with Gasteiger partial charge in [-0.1, -0.05) is 6.92 Å². The van der Waals surface area contributed by atoms with Gasteiger partial charge in [0.25, 0.3) is 0 Å². The van der Waals surface area contributed by atoms with Crippen molar-refractivity contribution in [3.63, 3.8) is 0 Å². The summed E-state index contributed by atoms with van der Waals surface area (Å²) >= 11 is 1.22. The SMILES string of the molecule is CCC(=O)N(N)SC. The van der Waals surface area contributed by atoms with E-state index in [0.29, 0.717) is 6.42 Å². The van der Waals surface area contributed by atoms with Crippen LogP contribution in [0.25, 0.3) is 0 Å². The second-order valence-electron chi connectivity index (χ2n) is 1.26. The average Bonchev–Trinajstić information content (AvgIpc) is 1.84. The lowest BCUT2D eigenvalue weighted by atomic mass is 10.5. The predicted molar refractivity (Wildman–Crippen MR) is 34.8 cm³/mol. The van der Waals surface area contributed by atoms with Gasteiger partial charge in [0.05, 0.1) is 0 Å². The molecule has 0 aromatic heterocycles. The molecule has 0 radical (unpaired) electrons. The first kappa shape index (κ1) is 7.78. The van der Waals surface area contributed by atoms with E-state index in [0.717, 1.165) is 4.41 Å². The zero-order chi connectivity index (χ0) is 6.57. The summed E-state index contributed by atoms with van der Waals surface area (Å²) in [5.74, 6) is 5.13. The molecule has 0 aliphatic carbocycles. The van der Waals surface area contributed by atoms with E-state index in [9.17, 15) is 4.79 Å². The Bertz CT molecular complexity index is 86.1. The van der Waals surface area contributed by atoms with Crippen molar-refractivity contribution in [2.45, 2.75) is 13.3 Å². The highest BCUT2D eigenvalue weighted by Crippen LogP contribution is 1.98. The van der Waals surface area contributed by atoms with Gasteiger partial charge in [0.15, 0.2) is 0 Å². The lowest BCUT2D eigenvalue weighted by molar-refractivity contribution is -0.125. The van der Waals surface area contributed by atoms with Crippen molar-refractivity contribution in [3.8, 4) is 0 Å². The van der Waals surface area contributed by atoms with Crippen molar-refractivity contribution in [1.29, 1.82) is 0 Å². The fraction of sp³-hybridized carbons (Fsp3) is 0.750. The molecule has 0 heterocycles. The summed E-state index contributed by atoms with van der Waals surface area (Å²) in [7, 11) is 0. The Balaban J connectivity index is 3.46. The van der Waals surface area contributed by atoms with Gasteiger partial charge in [0, 0.05) is 12.7 Å². The van der Waals surface area contributed by atoms with E-state index in [1.165, 1.54) is 11.9 Å². The summed E-state index contributed by atoms with van der Waals surface area (Å²) in [5.41, 5.74) is 0. The second-order valence-corrected chi connectivity index (χ2v) is 2.01. The number of carbonyl (C=O) groups excluding carboxylic acids is 1. The fourth-order valence-electron chi connectivity index (χ4n) is 0.258. The van der Waals surface area contributed by atoms with Crippen LogP contribution in [-0.2, 0) is 4.79 Å². The van der Waals surface area contributed by atoms with Gasteiger partial charge in [-0.3, -0.25) is 4.79 Å². The van der Waals surface area contributed by atoms with Crippen LogP contribution in [0.2, 0.25) is 0 Å². The highest BCUT2D eigenvalue weighted by atomic mass is 32.2. The van der Waals surface area contributed by atoms with Gasteiger partial charge in [-0.05, 0) is 11.9 Å². The molecule has 0 aliphatic rings. The van der Waals surface area contributed by atoms with Crippen LogP contribution in [0.15, 0.2) is 0 Å². The Morgan fingerprint density at radius 3 is 2.50 bits per heavy atom. The maximum atomic E-state index is 10.5. The van der Waals surface area contributed by atoms with Crippen molar-refractivity contribution < 1.29 is 4.79 Å². The molecule has 0 atom stereocenters. The second kappa shape index (κ2) is 3.74. The molecule has 0 aromatic carbocycles. The first-order valence-corrected chi connectivity index (χ1v) is 3.52. The summed E-state index contributed by atoms with van der Waals surface area (Å²) in [6, 6.07) is 0. The molecule has 0 fully saturated rings. The number of nitrogens with two attached hydrogens (primary N) is 1. The maximum Gasteiger partial charge on any atom is 0.246 e. The molecule has 0 bridgehead atoms. The average molecular weight is 134 g/mol. The van der Waals surface area contributed by atoms with Gasteiger partial charge in [-0.15, -0.1) is 0 Å². The summed E-state index contributed by atoms with van der Waals surface area (Å²) in [6.07, 6.45) is 2.23. The molecule has 4 heteroatoms. The summed E-state index contributed by atoms with van der Waals surface area (Å²) < 4.78 is 1.12. The molecule has 0 aliphatic heterocycles. The lowest BCUT2D eigenvalue weighted by Crippen LogP contribution is -2.29. The van der Waals surface area contributed by atoms with Crippen molar-refractivity contribution in [2.75, 3.05) is 6.26 Å². The van der Waals surface area contributed by atoms with E-state index >= 15 is 0 Å². The Hall–Kier alpha value is -0.220. The van der Waals surface area contributed by atoms with Crippen molar-refractivity contribution in [3.05, 3.63) is 0 Å². The first-order valence-electron chi connectivity index (χ1n) is 2.34. The minimum atomic E-state index is -0.0440. The van der Waals surface area contributed by atoms with Crippen LogP contribution in [0.5, 0.6) is 0 Å². The van der Waals surface area contributed by atoms with E-state index in [4.69, 9.17) is 5.84 Å². The zero-order valence-corrected chi connectivity index (χ0v) is 5.86. The van der Waals surface area contributed by atoms with Crippen molar-refractivity contribution >= 4 is 17.9 Å². The smallest absolute Gasteiger partial charge is 0.246 e. The molecule has 2 N–H and O–H groups in total. The van der Waals surface area contributed by atoms with Gasteiger partial charge >= 0.3 is 0 Å². The largest absolute Gasteiger partial charge is 0.273 e. The third kappa shape index (κ3) is 2.18. The van der Waals surface area contributed by atoms with Gasteiger partial charge in [0.2, 0.25) is 5.91 Å². The Labute approximate surface area is 53.3 Å². The van der Waals surface area contributed by atoms with Crippen LogP contribution in [0.3, 0.4) is 0 Å². The molecule has 0 aromatic rings. The van der Waals surface area contributed by atoms with E-state index < -0.39 is 0 Å². The summed E-state index contributed by atoms with van der Waals surface area (Å²) in [6.45, 7) is 1.78. The molecule has 3 nitrogen and oxygen atoms in total. The standard InChI is InChI=1S/C4H10N2OS/c1-3-4(7)6(5)8-2/h3,5H2,1-2H3. The summed E-state index contributed by atoms with van der Waals surface area (Å²) in [5, 5.41) is 0. The fourth-order valence-corrected chi connectivity index (χ4v) is 0.590. The van der Waals surface area contributed by atoms with Gasteiger partial charge in [-0.2, -0.15) is 0 Å². The van der Waals surface area contributed by atoms with Crippen LogP contribution in [0, 0.1) is 0 Å². The first-order chi connectivity index (χ1) is 3.72. The van der Waals surface area contributed by atoms with Crippen LogP contribution in [0.4, 0.5) is 0 Å². The van der Waals surface area contributed by atoms with Gasteiger partial charge in [0.1, 0.15) is 0 Å². The number of rotatable bonds is 2. The zero-order valence-electron chi connectivity index (χ0n) is 5.05. The summed E-state index contributed by atoms with van der Waals surface area (Å²) in [4.78, 5) is 10.5. The number of nitrogens with zero attached hydrogens (tertiary/aromatic N) is 1. The molecule has 48 valence electrons. The van der Waals surface area contributed by atoms with Crippen molar-refractivity contribution in [2.24, 2.45) is 5.84 Å². The molecule has 0 saturated heterocycles. The minimum Gasteiger partial charge on any atom is -0.273 e. The molecule has 0 rings (SSSR count). The van der Waals surface area contributed by atoms with E-state index in [1.807, 2.05) is 0 Å². The van der Waals surface area contributed by atoms with E-state index in [1.54, 1.807) is 13.2 Å². The quantitative estimate of drug-likeness (QED) is 0.257. The molecular formula is C4H10N2OS. The van der Waals surface area contributed by atoms with Crippen LogP contribution >= 0.6 is 11.9 Å². The Morgan fingerprint density at radius 2 is 2.38 bits per heavy atom. The van der Waals surface area contributed by atoms with Gasteiger partial charge < -0.3 is 0 Å². The third-order valence-corrected chi connectivity index (χ3v) is 1.34. The number of hydrogen-bond acceptors (Lipinski definition) is 3. The number of hydrogen-bond donors (Lipinski definition) is 1. The Morgan fingerprint density at radius 1 is 1.88 bits per heavy atom. The normalized spacial score (nSPS) is 8.88. The number of hydrazine groups is 1. The van der Waals surface area contributed by atoms with E-state index in [2.05, 4.69) is 0 Å². The highest BCUT2D eigenvalue weighted by Gasteiger charge is 2.01. The van der Waals surface area contributed by atoms with Crippen LogP contribution in [0.1, 0.15) is 13.3 Å². The molecule has 0 spiro atoms. The monoisotopic (exact) mass is 134 g/mol. The molecule has 8 heavy (non-hydrogen) atoms. The van der Waals surface area contributed by atoms with Crippen LogP contribution in [-0.4, -0.2) is 16.6 Å². The Kier molecular flexibility index (Phi) is 3.64. The number of amides is 1. The molecular weight excluding hydrogens is 124 g/mol. The third-order valence-electron chi connectivity index (χ3n) is 0.745. The molecule has 0 saturated carbocycles. The highest BCUT2D eigenvalue weighted by molar-refractivity contribution is 7.96. The topological polar surface area (TPSA) is 46.3 Å². The number of carbonyl (C=O) groups is 1. The van der Waals surface area contributed by atoms with Gasteiger partial charge in [-0.25, -0.2) is 10.3 Å². The maximum absolute atomic E-state index is 10.5. The molecule has 0 unspecified atom stereocenters. The lowest BCUT2D eigenvalue weighted by Gasteiger charge is -2.09. The molecule has 1 amide bonds. The minimum absolute atomic E-state index is 0.0440. The van der Waals surface area contributed by atoms with Crippen LogP contribution < -0.4 is 5.84 Å². The predicted octanol–water partition coefficient (Wildman–Crippen LogP) is 0.377. The van der Waals surface area contributed by atoms with Crippen molar-refractivity contribution in [1.82, 2.24) is 4.41 Å². The van der Waals surface area contributed by atoms with E-state index in [-0.39, 0.29) is 5.91 Å².